The maximum Gasteiger partial charge on any atom is 1.00 e. The molecule has 152 valence electrons. The Balaban J connectivity index is -0.000000400. The number of benzene rings is 2. The minimum absolute atomic E-state index is 0. The predicted octanol–water partition coefficient (Wildman–Crippen LogP) is -9.85. The van der Waals surface area contributed by atoms with E-state index in [1.165, 1.54) is 12.1 Å². The molecule has 1 aliphatic heterocycles. The Morgan fingerprint density at radius 3 is 1.94 bits per heavy atom. The summed E-state index contributed by atoms with van der Waals surface area (Å²) in [5, 5.41) is 10.5. The molecule has 0 saturated heterocycles. The molecule has 1 aliphatic rings. The molecule has 0 bridgehead atoms. The summed E-state index contributed by atoms with van der Waals surface area (Å²) in [4.78, 5) is 18.6. The third kappa shape index (κ3) is 6.19. The number of Topliss-reactive ketones (excluding diaryl/α,β-unsaturated/α-hetero) is 1. The Labute approximate surface area is 277 Å². The van der Waals surface area contributed by atoms with Gasteiger partial charge in [0.15, 0.2) is 5.75 Å². The van der Waals surface area contributed by atoms with E-state index in [2.05, 4.69) is 9.98 Å². The smallest absolute Gasteiger partial charge is 1.00 e. The average molecular weight is 518 g/mol. The number of hydrogen-bond acceptors (Lipinski definition) is 7. The first-order chi connectivity index (χ1) is 13.0. The van der Waals surface area contributed by atoms with Crippen LogP contribution in [0.15, 0.2) is 51.2 Å². The number of aromatic nitrogens is 1. The van der Waals surface area contributed by atoms with E-state index in [9.17, 15) is 26.7 Å². The molecule has 10 nitrogen and oxygen atoms in total. The number of aromatic hydroxyl groups is 1. The molecule has 0 atom stereocenters. The molecule has 4 rings (SSSR count). The van der Waals surface area contributed by atoms with Crippen LogP contribution >= 0.6 is 0 Å². The van der Waals surface area contributed by atoms with Gasteiger partial charge in [-0.2, -0.15) is 16.8 Å². The van der Waals surface area contributed by atoms with E-state index in [0.29, 0.717) is 0 Å². The minimum atomic E-state index is -4.52. The van der Waals surface area contributed by atoms with Gasteiger partial charge in [0.25, 0.3) is 20.2 Å². The van der Waals surface area contributed by atoms with Gasteiger partial charge in [-0.05, 0) is 36.4 Å². The molecule has 16 heteroatoms. The molecule has 2 aromatic carbocycles. The Bertz CT molecular complexity index is 1470. The summed E-state index contributed by atoms with van der Waals surface area (Å²) in [5.41, 5.74) is 0.0255. The molecule has 0 radical (unpaired) electrons. The number of carbonyl (C=O) groups is 1. The molecule has 4 N–H and O–H groups in total. The van der Waals surface area contributed by atoms with Crippen molar-refractivity contribution in [1.82, 2.24) is 4.98 Å². The fourth-order valence-corrected chi connectivity index (χ4v) is 3.93. The molecule has 2 heterocycles. The van der Waals surface area contributed by atoms with Crippen molar-refractivity contribution < 1.29 is 160 Å². The third-order valence-electron chi connectivity index (χ3n) is 4.24. The predicted molar refractivity (Wildman–Crippen MR) is 101 cm³/mol. The van der Waals surface area contributed by atoms with Crippen LogP contribution in [0, 0.1) is 0 Å². The van der Waals surface area contributed by atoms with Crippen molar-refractivity contribution in [2.24, 2.45) is 4.99 Å². The van der Waals surface area contributed by atoms with Gasteiger partial charge in [0.1, 0.15) is 11.4 Å². The van der Waals surface area contributed by atoms with E-state index in [1.807, 2.05) is 0 Å². The van der Waals surface area contributed by atoms with E-state index < -0.39 is 41.6 Å². The number of nitrogens with zero attached hydrogens (tertiary/aromatic N) is 1. The van der Waals surface area contributed by atoms with Crippen molar-refractivity contribution in [2.75, 3.05) is 0 Å². The van der Waals surface area contributed by atoms with Crippen LogP contribution < -0.4 is 118 Å². The number of aromatic amines is 1. The average Bonchev–Trinajstić information content (AvgIpc) is 3.10. The standard InChI is InChI=1S/C16H10N2O8S2.4Na.4H/c19-15-9-5-7(27(21,22)23)1-3-11(9)17-13(15)14-16(20)10-6-8(28(24,25)26)2-4-12(10)18-14;;;;;;;;/h1-6,17,19H,(H,21,22,23)(H,24,25,26);;;;;;;;/q;4*+1;4*-1. The Morgan fingerprint density at radius 2 is 1.38 bits per heavy atom. The number of carbonyl (C=O) groups excluding carboxylic acids is 1. The van der Waals surface area contributed by atoms with Crippen LogP contribution in [0.25, 0.3) is 10.9 Å². The van der Waals surface area contributed by atoms with Gasteiger partial charge in [0.05, 0.1) is 21.0 Å². The molecule has 32 heavy (non-hydrogen) atoms. The number of fused-ring (bicyclic) bond motifs is 2. The van der Waals surface area contributed by atoms with Gasteiger partial charge in [-0.1, -0.05) is 0 Å². The van der Waals surface area contributed by atoms with Crippen molar-refractivity contribution in [3.8, 4) is 5.75 Å². The molecule has 0 fully saturated rings. The first-order valence-electron chi connectivity index (χ1n) is 7.54. The molecule has 0 amide bonds. The summed E-state index contributed by atoms with van der Waals surface area (Å²) in [6.45, 7) is 0. The third-order valence-corrected chi connectivity index (χ3v) is 5.93. The number of nitrogens with one attached hydrogen (secondary N) is 1. The van der Waals surface area contributed by atoms with Crippen LogP contribution in [0.4, 0.5) is 5.69 Å². The molecular weight excluding hydrogens is 504 g/mol. The molecule has 1 aromatic heterocycles. The number of ketones is 1. The Hall–Kier alpha value is 0.940. The summed E-state index contributed by atoms with van der Waals surface area (Å²) < 4.78 is 63.4. The maximum atomic E-state index is 12.7. The molecular formula is C16H14N2Na4O8S2. The normalized spacial score (nSPS) is 12.6. The number of aliphatic imine (C=N–C) groups is 1. The largest absolute Gasteiger partial charge is 1.00 e. The second-order valence-electron chi connectivity index (χ2n) is 5.97. The van der Waals surface area contributed by atoms with Crippen molar-refractivity contribution in [3.05, 3.63) is 47.7 Å². The molecule has 0 aliphatic carbocycles. The second-order valence-corrected chi connectivity index (χ2v) is 8.82. The van der Waals surface area contributed by atoms with Crippen LogP contribution in [-0.4, -0.2) is 47.5 Å². The van der Waals surface area contributed by atoms with Gasteiger partial charge in [0, 0.05) is 10.9 Å². The van der Waals surface area contributed by atoms with Gasteiger partial charge >= 0.3 is 118 Å². The summed E-state index contributed by atoms with van der Waals surface area (Å²) >= 11 is 0. The zero-order valence-electron chi connectivity index (χ0n) is 21.6. The fourth-order valence-electron chi connectivity index (χ4n) is 2.91. The SMILES string of the molecule is O=C1C(c2[nH]c3ccc(S(=O)(=O)O)cc3c2O)=Nc2ccc(S(=O)(=O)O)cc21.[H-].[H-].[H-].[H-].[Na+].[Na+].[Na+].[Na+]. The number of hydrogen-bond donors (Lipinski definition) is 4. The van der Waals surface area contributed by atoms with Crippen molar-refractivity contribution in [2.45, 2.75) is 9.79 Å². The zero-order chi connectivity index (χ0) is 20.4. The first kappa shape index (κ1) is 32.9. The van der Waals surface area contributed by atoms with Crippen LogP contribution in [-0.2, 0) is 20.2 Å². The quantitative estimate of drug-likeness (QED) is 0.195. The number of H-pyrrole nitrogens is 1. The van der Waals surface area contributed by atoms with Crippen molar-refractivity contribution in [3.63, 3.8) is 0 Å². The van der Waals surface area contributed by atoms with E-state index in [4.69, 9.17) is 9.11 Å². The summed E-state index contributed by atoms with van der Waals surface area (Å²) in [6.07, 6.45) is 0. The van der Waals surface area contributed by atoms with Crippen LogP contribution in [0.2, 0.25) is 0 Å². The molecule has 0 saturated carbocycles. The Kier molecular flexibility index (Phi) is 12.1. The van der Waals surface area contributed by atoms with Crippen molar-refractivity contribution in [1.29, 1.82) is 0 Å². The van der Waals surface area contributed by atoms with Gasteiger partial charge in [-0.25, -0.2) is 4.99 Å². The van der Waals surface area contributed by atoms with Crippen molar-refractivity contribution >= 4 is 48.3 Å². The van der Waals surface area contributed by atoms with Gasteiger partial charge in [-0.3, -0.25) is 13.9 Å². The van der Waals surface area contributed by atoms with E-state index >= 15 is 0 Å². The molecule has 0 unspecified atom stereocenters. The second kappa shape index (κ2) is 11.8. The van der Waals surface area contributed by atoms with E-state index in [0.717, 1.165) is 24.3 Å². The first-order valence-corrected chi connectivity index (χ1v) is 10.4. The van der Waals surface area contributed by atoms with Gasteiger partial charge in [-0.15, -0.1) is 0 Å². The number of rotatable bonds is 3. The minimum Gasteiger partial charge on any atom is -1.00 e. The fraction of sp³-hybridized carbons (Fsp3) is 0. The zero-order valence-corrected chi connectivity index (χ0v) is 27.2. The monoisotopic (exact) mass is 518 g/mol. The summed E-state index contributed by atoms with van der Waals surface area (Å²) in [6, 6.07) is 6.73. The van der Waals surface area contributed by atoms with E-state index in [-0.39, 0.29) is 157 Å². The van der Waals surface area contributed by atoms with Crippen LogP contribution in [0.3, 0.4) is 0 Å². The van der Waals surface area contributed by atoms with Gasteiger partial charge < -0.3 is 15.8 Å². The maximum absolute atomic E-state index is 12.7. The molecule has 3 aromatic rings. The summed E-state index contributed by atoms with van der Waals surface area (Å²) in [7, 11) is -9.02. The summed E-state index contributed by atoms with van der Waals surface area (Å²) in [5.74, 6) is -1.16. The topological polar surface area (TPSA) is 174 Å². The van der Waals surface area contributed by atoms with Gasteiger partial charge in [0.2, 0.25) is 5.78 Å². The van der Waals surface area contributed by atoms with E-state index in [1.54, 1.807) is 0 Å². The van der Waals surface area contributed by atoms with Crippen LogP contribution in [0.5, 0.6) is 5.75 Å². The molecule has 0 spiro atoms. The van der Waals surface area contributed by atoms with Crippen LogP contribution in [0.1, 0.15) is 21.8 Å². The Morgan fingerprint density at radius 1 is 0.844 bits per heavy atom.